The second-order valence-corrected chi connectivity index (χ2v) is 10.2. The number of hydrogen-bond acceptors (Lipinski definition) is 5. The number of likely N-dealkylation sites (tertiary alicyclic amines) is 2. The van der Waals surface area contributed by atoms with Gasteiger partial charge in [-0.05, 0) is 43.9 Å². The molecule has 0 atom stereocenters. The zero-order valence-electron chi connectivity index (χ0n) is 20.7. The molecule has 37 heavy (non-hydrogen) atoms. The molecule has 2 aromatic heterocycles. The molecule has 1 aromatic carbocycles. The van der Waals surface area contributed by atoms with Crippen LogP contribution < -0.4 is 0 Å². The highest BCUT2D eigenvalue weighted by Crippen LogP contribution is 2.31. The number of halogens is 2. The number of carboxylic acids is 1. The van der Waals surface area contributed by atoms with Gasteiger partial charge in [0.05, 0.1) is 23.9 Å². The Morgan fingerprint density at radius 2 is 1.89 bits per heavy atom. The Morgan fingerprint density at radius 1 is 1.14 bits per heavy atom. The molecule has 196 valence electrons. The molecule has 2 N–H and O–H groups in total. The van der Waals surface area contributed by atoms with Crippen molar-refractivity contribution in [2.45, 2.75) is 51.3 Å². The average Bonchev–Trinajstić information content (AvgIpc) is 3.37. The number of β-amino-alcohol motifs (C(OH)–C–C–N with tert-alkyl or cyclic N) is 1. The number of amides is 1. The number of benzene rings is 1. The molecule has 0 saturated carbocycles. The number of rotatable bonds is 7. The van der Waals surface area contributed by atoms with Crippen LogP contribution in [0.3, 0.4) is 0 Å². The third-order valence-corrected chi connectivity index (χ3v) is 7.73. The molecule has 2 aliphatic heterocycles. The highest BCUT2D eigenvalue weighted by Gasteiger charge is 2.36. The molecule has 0 unspecified atom stereocenters. The zero-order chi connectivity index (χ0) is 26.3. The molecule has 10 heteroatoms. The second kappa shape index (κ2) is 9.83. The van der Waals surface area contributed by atoms with Gasteiger partial charge in [-0.2, -0.15) is 0 Å². The van der Waals surface area contributed by atoms with Gasteiger partial charge in [0.25, 0.3) is 0 Å². The normalized spacial score (nSPS) is 18.2. The van der Waals surface area contributed by atoms with Gasteiger partial charge in [-0.1, -0.05) is 6.07 Å². The fourth-order valence-corrected chi connectivity index (χ4v) is 5.52. The van der Waals surface area contributed by atoms with Crippen LogP contribution in [-0.2, 0) is 17.9 Å². The first-order valence-electron chi connectivity index (χ1n) is 12.5. The number of fused-ring (bicyclic) bond motifs is 1. The largest absolute Gasteiger partial charge is 0.477 e. The SMILES string of the molecule is Cc1c(CN2CCC(O)(CN3CCCC3=O)CC2)c2cc(C(=O)O)ncc2n1Cc1ccc(F)cc1F. The molecular weight excluding hydrogens is 482 g/mol. The smallest absolute Gasteiger partial charge is 0.354 e. The number of carboxylic acid groups (broad SMARTS) is 1. The van der Waals surface area contributed by atoms with Crippen molar-refractivity contribution in [2.75, 3.05) is 26.2 Å². The highest BCUT2D eigenvalue weighted by atomic mass is 19.1. The monoisotopic (exact) mass is 512 g/mol. The highest BCUT2D eigenvalue weighted by molar-refractivity contribution is 5.93. The molecule has 3 aromatic rings. The second-order valence-electron chi connectivity index (χ2n) is 10.2. The predicted octanol–water partition coefficient (Wildman–Crippen LogP) is 3.32. The van der Waals surface area contributed by atoms with Crippen LogP contribution in [0.4, 0.5) is 8.78 Å². The molecule has 2 aliphatic rings. The number of aliphatic hydroxyl groups is 1. The van der Waals surface area contributed by atoms with E-state index < -0.39 is 23.2 Å². The molecule has 8 nitrogen and oxygen atoms in total. The van der Waals surface area contributed by atoms with Crippen molar-refractivity contribution in [3.8, 4) is 0 Å². The van der Waals surface area contributed by atoms with Gasteiger partial charge in [-0.3, -0.25) is 9.69 Å². The summed E-state index contributed by atoms with van der Waals surface area (Å²) in [4.78, 5) is 31.7. The Labute approximate surface area is 213 Å². The van der Waals surface area contributed by atoms with Gasteiger partial charge in [0.15, 0.2) is 0 Å². The van der Waals surface area contributed by atoms with Crippen molar-refractivity contribution in [3.63, 3.8) is 0 Å². The molecule has 1 amide bonds. The minimum Gasteiger partial charge on any atom is -0.477 e. The predicted molar refractivity (Wildman–Crippen MR) is 132 cm³/mol. The topological polar surface area (TPSA) is 98.9 Å². The first kappa shape index (κ1) is 25.3. The van der Waals surface area contributed by atoms with E-state index in [1.165, 1.54) is 24.4 Å². The Bertz CT molecular complexity index is 1360. The third-order valence-electron chi connectivity index (χ3n) is 7.73. The van der Waals surface area contributed by atoms with E-state index in [4.69, 9.17) is 0 Å². The van der Waals surface area contributed by atoms with Crippen LogP contribution in [0.2, 0.25) is 0 Å². The number of hydrogen-bond donors (Lipinski definition) is 2. The van der Waals surface area contributed by atoms with Crippen molar-refractivity contribution in [3.05, 3.63) is 64.6 Å². The number of aromatic carboxylic acids is 1. The van der Waals surface area contributed by atoms with E-state index in [1.54, 1.807) is 4.90 Å². The van der Waals surface area contributed by atoms with Gasteiger partial charge < -0.3 is 19.7 Å². The lowest BCUT2D eigenvalue weighted by molar-refractivity contribution is -0.132. The first-order chi connectivity index (χ1) is 17.6. The number of piperidine rings is 1. The van der Waals surface area contributed by atoms with Crippen LogP contribution in [0, 0.1) is 18.6 Å². The minimum atomic E-state index is -1.14. The molecular formula is C27H30F2N4O4. The van der Waals surface area contributed by atoms with E-state index in [9.17, 15) is 28.6 Å². The van der Waals surface area contributed by atoms with Gasteiger partial charge in [0.2, 0.25) is 5.91 Å². The third kappa shape index (κ3) is 5.08. The maximum atomic E-state index is 14.5. The Hall–Kier alpha value is -3.37. The lowest BCUT2D eigenvalue weighted by atomic mass is 9.90. The van der Waals surface area contributed by atoms with E-state index in [0.717, 1.165) is 29.1 Å². The van der Waals surface area contributed by atoms with Crippen molar-refractivity contribution in [1.29, 1.82) is 0 Å². The van der Waals surface area contributed by atoms with Gasteiger partial charge in [-0.25, -0.2) is 18.6 Å². The molecule has 5 rings (SSSR count). The van der Waals surface area contributed by atoms with Crippen LogP contribution in [-0.4, -0.2) is 73.2 Å². The van der Waals surface area contributed by atoms with Crippen LogP contribution in [0.25, 0.3) is 10.9 Å². The number of nitrogens with zero attached hydrogens (tertiary/aromatic N) is 4. The van der Waals surface area contributed by atoms with Crippen LogP contribution in [0.1, 0.15) is 53.0 Å². The summed E-state index contributed by atoms with van der Waals surface area (Å²) in [6, 6.07) is 5.01. The summed E-state index contributed by atoms with van der Waals surface area (Å²) in [6.07, 6.45) is 3.91. The van der Waals surface area contributed by atoms with Crippen molar-refractivity contribution in [1.82, 2.24) is 19.4 Å². The lowest BCUT2D eigenvalue weighted by Crippen LogP contribution is -2.51. The van der Waals surface area contributed by atoms with E-state index in [1.807, 2.05) is 11.5 Å². The Morgan fingerprint density at radius 3 is 2.54 bits per heavy atom. The maximum absolute atomic E-state index is 14.5. The summed E-state index contributed by atoms with van der Waals surface area (Å²) >= 11 is 0. The fraction of sp³-hybridized carbons (Fsp3) is 0.444. The zero-order valence-corrected chi connectivity index (χ0v) is 20.7. The quantitative estimate of drug-likeness (QED) is 0.504. The van der Waals surface area contributed by atoms with Crippen molar-refractivity contribution in [2.24, 2.45) is 0 Å². The standard InChI is InChI=1S/C27H30F2N4O4/c1-17-21(15-31-9-6-27(37,7-10-31)16-32-8-2-3-25(32)34)20-12-23(26(35)36)30-13-24(20)33(17)14-18-4-5-19(28)11-22(18)29/h4-5,11-13,37H,2-3,6-10,14-16H2,1H3,(H,35,36). The van der Waals surface area contributed by atoms with Gasteiger partial charge >= 0.3 is 5.97 Å². The van der Waals surface area contributed by atoms with Gasteiger partial charge in [0.1, 0.15) is 17.3 Å². The maximum Gasteiger partial charge on any atom is 0.354 e. The fourth-order valence-electron chi connectivity index (χ4n) is 5.52. The minimum absolute atomic E-state index is 0.0813. The summed E-state index contributed by atoms with van der Waals surface area (Å²) in [6.45, 7) is 4.85. The van der Waals surface area contributed by atoms with Crippen LogP contribution in [0.5, 0.6) is 0 Å². The van der Waals surface area contributed by atoms with E-state index in [0.29, 0.717) is 63.1 Å². The molecule has 4 heterocycles. The van der Waals surface area contributed by atoms with Gasteiger partial charge in [-0.15, -0.1) is 0 Å². The summed E-state index contributed by atoms with van der Waals surface area (Å²) in [7, 11) is 0. The number of carbonyl (C=O) groups excluding carboxylic acids is 1. The van der Waals surface area contributed by atoms with Crippen LogP contribution in [0.15, 0.2) is 30.5 Å². The van der Waals surface area contributed by atoms with Gasteiger partial charge in [0, 0.05) is 61.9 Å². The number of pyridine rings is 1. The summed E-state index contributed by atoms with van der Waals surface area (Å²) in [5.74, 6) is -2.34. The van der Waals surface area contributed by atoms with Crippen molar-refractivity contribution < 1.29 is 28.6 Å². The van der Waals surface area contributed by atoms with E-state index in [-0.39, 0.29) is 18.1 Å². The molecule has 0 spiro atoms. The first-order valence-corrected chi connectivity index (χ1v) is 12.5. The van der Waals surface area contributed by atoms with Crippen molar-refractivity contribution >= 4 is 22.8 Å². The van der Waals surface area contributed by atoms with E-state index in [2.05, 4.69) is 9.88 Å². The Kier molecular flexibility index (Phi) is 6.72. The summed E-state index contributed by atoms with van der Waals surface area (Å²) < 4.78 is 29.8. The molecule has 0 aliphatic carbocycles. The van der Waals surface area contributed by atoms with E-state index >= 15 is 0 Å². The molecule has 2 fully saturated rings. The molecule has 2 saturated heterocycles. The average molecular weight is 513 g/mol. The lowest BCUT2D eigenvalue weighted by Gasteiger charge is -2.40. The van der Waals surface area contributed by atoms with Crippen LogP contribution >= 0.6 is 0 Å². The number of aromatic nitrogens is 2. The molecule has 0 bridgehead atoms. The number of carbonyl (C=O) groups is 2. The summed E-state index contributed by atoms with van der Waals surface area (Å²) in [5, 5.41) is 21.3. The molecule has 0 radical (unpaired) electrons. The summed E-state index contributed by atoms with van der Waals surface area (Å²) in [5.41, 5.74) is 1.73. The Balaban J connectivity index is 1.40.